The molecule has 0 spiro atoms. The summed E-state index contributed by atoms with van der Waals surface area (Å²) in [7, 11) is -3.49. The van der Waals surface area contributed by atoms with Crippen LogP contribution in [-0.4, -0.2) is 60.7 Å². The number of amides is 1. The minimum Gasteiger partial charge on any atom is -0.339 e. The van der Waals surface area contributed by atoms with Crippen molar-refractivity contribution in [2.75, 3.05) is 31.9 Å². The van der Waals surface area contributed by atoms with Gasteiger partial charge < -0.3 is 4.90 Å². The van der Waals surface area contributed by atoms with E-state index in [9.17, 15) is 13.2 Å². The van der Waals surface area contributed by atoms with Gasteiger partial charge in [-0.25, -0.2) is 8.42 Å². The van der Waals surface area contributed by atoms with E-state index in [1.165, 1.54) is 36.4 Å². The molecule has 1 aromatic rings. The van der Waals surface area contributed by atoms with Gasteiger partial charge in [0.25, 0.3) is 0 Å². The Labute approximate surface area is 167 Å². The molecule has 0 unspecified atom stereocenters. The number of aryl methyl sites for hydroxylation is 2. The highest BCUT2D eigenvalue weighted by atomic mass is 32.2. The first-order chi connectivity index (χ1) is 12.9. The number of rotatable bonds is 5. The normalized spacial score (nSPS) is 20.0. The quantitative estimate of drug-likeness (QED) is 0.748. The summed E-state index contributed by atoms with van der Waals surface area (Å²) in [4.78, 5) is 14.7. The Kier molecular flexibility index (Phi) is 6.87. The van der Waals surface area contributed by atoms with Crippen molar-refractivity contribution >= 4 is 27.7 Å². The number of hydrogen-bond acceptors (Lipinski definition) is 4. The maximum atomic E-state index is 12.9. The maximum absolute atomic E-state index is 12.9. The van der Waals surface area contributed by atoms with Gasteiger partial charge in [-0.1, -0.05) is 25.3 Å². The van der Waals surface area contributed by atoms with Crippen LogP contribution >= 0.6 is 11.8 Å². The molecule has 1 aliphatic carbocycles. The van der Waals surface area contributed by atoms with Crippen molar-refractivity contribution < 1.29 is 13.2 Å². The zero-order valence-corrected chi connectivity index (χ0v) is 17.9. The molecule has 1 aliphatic heterocycles. The molecule has 0 N–H and O–H groups in total. The molecule has 5 nitrogen and oxygen atoms in total. The lowest BCUT2D eigenvalue weighted by Gasteiger charge is -2.34. The van der Waals surface area contributed by atoms with Gasteiger partial charge in [-0.2, -0.15) is 4.31 Å². The van der Waals surface area contributed by atoms with E-state index in [1.54, 1.807) is 23.9 Å². The Morgan fingerprint density at radius 1 is 1.04 bits per heavy atom. The Morgan fingerprint density at radius 3 is 2.33 bits per heavy atom. The van der Waals surface area contributed by atoms with Gasteiger partial charge in [-0.3, -0.25) is 4.79 Å². The SMILES string of the molecule is Cc1ccc(S(=O)(=O)N2CCN(C(=O)CSC3CCCCC3)CC2)cc1C. The zero-order valence-electron chi connectivity index (χ0n) is 16.3. The van der Waals surface area contributed by atoms with Crippen molar-refractivity contribution in [1.29, 1.82) is 0 Å². The molecule has 1 amide bonds. The van der Waals surface area contributed by atoms with Crippen LogP contribution in [0.4, 0.5) is 0 Å². The van der Waals surface area contributed by atoms with Crippen LogP contribution in [-0.2, 0) is 14.8 Å². The first kappa shape index (κ1) is 20.7. The molecule has 0 bridgehead atoms. The molecular formula is C20H30N2O3S2. The van der Waals surface area contributed by atoms with Crippen LogP contribution in [0, 0.1) is 13.8 Å². The first-order valence-corrected chi connectivity index (χ1v) is 12.3. The van der Waals surface area contributed by atoms with Crippen molar-refractivity contribution in [2.24, 2.45) is 0 Å². The summed E-state index contributed by atoms with van der Waals surface area (Å²) in [6, 6.07) is 5.27. The number of hydrogen-bond donors (Lipinski definition) is 0. The minimum absolute atomic E-state index is 0.147. The number of carbonyl (C=O) groups excluding carboxylic acids is 1. The molecule has 2 fully saturated rings. The Balaban J connectivity index is 1.53. The van der Waals surface area contributed by atoms with E-state index >= 15 is 0 Å². The Bertz CT molecular complexity index is 765. The highest BCUT2D eigenvalue weighted by Crippen LogP contribution is 2.28. The highest BCUT2D eigenvalue weighted by Gasteiger charge is 2.30. The molecule has 0 radical (unpaired) electrons. The van der Waals surface area contributed by atoms with Gasteiger partial charge in [0, 0.05) is 31.4 Å². The average molecular weight is 411 g/mol. The van der Waals surface area contributed by atoms with Crippen LogP contribution in [0.5, 0.6) is 0 Å². The van der Waals surface area contributed by atoms with Crippen molar-refractivity contribution in [1.82, 2.24) is 9.21 Å². The lowest BCUT2D eigenvalue weighted by molar-refractivity contribution is -0.129. The van der Waals surface area contributed by atoms with Gasteiger partial charge in [0.2, 0.25) is 15.9 Å². The summed E-state index contributed by atoms with van der Waals surface area (Å²) >= 11 is 1.78. The summed E-state index contributed by atoms with van der Waals surface area (Å²) in [6.45, 7) is 5.60. The summed E-state index contributed by atoms with van der Waals surface area (Å²) in [5, 5.41) is 0.620. The van der Waals surface area contributed by atoms with E-state index in [0.717, 1.165) is 11.1 Å². The molecule has 0 atom stereocenters. The fourth-order valence-corrected chi connectivity index (χ4v) is 6.45. The number of nitrogens with zero attached hydrogens (tertiary/aromatic N) is 2. The molecule has 150 valence electrons. The Hall–Kier alpha value is -1.05. The maximum Gasteiger partial charge on any atom is 0.243 e. The third kappa shape index (κ3) is 5.06. The van der Waals surface area contributed by atoms with E-state index < -0.39 is 10.0 Å². The van der Waals surface area contributed by atoms with Crippen LogP contribution in [0.15, 0.2) is 23.1 Å². The number of sulfonamides is 1. The van der Waals surface area contributed by atoms with Crippen LogP contribution < -0.4 is 0 Å². The lowest BCUT2D eigenvalue weighted by Crippen LogP contribution is -2.51. The van der Waals surface area contributed by atoms with Crippen molar-refractivity contribution in [3.05, 3.63) is 29.3 Å². The van der Waals surface area contributed by atoms with Crippen LogP contribution in [0.2, 0.25) is 0 Å². The Morgan fingerprint density at radius 2 is 1.70 bits per heavy atom. The predicted octanol–water partition coefficient (Wildman–Crippen LogP) is 3.20. The van der Waals surface area contributed by atoms with Gasteiger partial charge in [0.15, 0.2) is 0 Å². The predicted molar refractivity (Wildman–Crippen MR) is 111 cm³/mol. The van der Waals surface area contributed by atoms with Gasteiger partial charge in [-0.15, -0.1) is 11.8 Å². The van der Waals surface area contributed by atoms with E-state index in [4.69, 9.17) is 0 Å². The van der Waals surface area contributed by atoms with Gasteiger partial charge >= 0.3 is 0 Å². The monoisotopic (exact) mass is 410 g/mol. The topological polar surface area (TPSA) is 57.7 Å². The first-order valence-electron chi connectivity index (χ1n) is 9.85. The second-order valence-corrected chi connectivity index (χ2v) is 10.8. The van der Waals surface area contributed by atoms with Crippen molar-refractivity contribution in [3.63, 3.8) is 0 Å². The number of carbonyl (C=O) groups is 1. The molecule has 1 saturated carbocycles. The summed E-state index contributed by atoms with van der Waals surface area (Å²) in [5.74, 6) is 0.669. The van der Waals surface area contributed by atoms with Crippen molar-refractivity contribution in [3.8, 4) is 0 Å². The lowest BCUT2D eigenvalue weighted by atomic mass is 10.0. The summed E-state index contributed by atoms with van der Waals surface area (Å²) in [5.41, 5.74) is 2.06. The second kappa shape index (κ2) is 8.97. The van der Waals surface area contributed by atoms with Gasteiger partial charge in [0.05, 0.1) is 10.6 Å². The van der Waals surface area contributed by atoms with Crippen LogP contribution in [0.3, 0.4) is 0 Å². The molecule has 7 heteroatoms. The third-order valence-corrected chi connectivity index (χ3v) is 8.95. The fraction of sp³-hybridized carbons (Fsp3) is 0.650. The molecule has 1 saturated heterocycles. The van der Waals surface area contributed by atoms with E-state index in [1.807, 2.05) is 24.8 Å². The van der Waals surface area contributed by atoms with Crippen molar-refractivity contribution in [2.45, 2.75) is 56.1 Å². The highest BCUT2D eigenvalue weighted by molar-refractivity contribution is 8.00. The fourth-order valence-electron chi connectivity index (χ4n) is 3.71. The average Bonchev–Trinajstić information content (AvgIpc) is 2.69. The largest absolute Gasteiger partial charge is 0.339 e. The molecule has 2 aliphatic rings. The van der Waals surface area contributed by atoms with E-state index in [-0.39, 0.29) is 5.91 Å². The smallest absolute Gasteiger partial charge is 0.243 e. The van der Waals surface area contributed by atoms with Gasteiger partial charge in [-0.05, 0) is 49.9 Å². The number of thioether (sulfide) groups is 1. The van der Waals surface area contributed by atoms with E-state index in [2.05, 4.69) is 0 Å². The molecule has 3 rings (SSSR count). The van der Waals surface area contributed by atoms with Gasteiger partial charge in [0.1, 0.15) is 0 Å². The number of piperazine rings is 1. The number of benzene rings is 1. The third-order valence-electron chi connectivity index (χ3n) is 5.70. The molecular weight excluding hydrogens is 380 g/mol. The molecule has 1 heterocycles. The summed E-state index contributed by atoms with van der Waals surface area (Å²) in [6.07, 6.45) is 6.32. The van der Waals surface area contributed by atoms with E-state index in [0.29, 0.717) is 42.1 Å². The standard InChI is InChI=1S/C20H30N2O3S2/c1-16-8-9-19(14-17(16)2)27(24,25)22-12-10-21(11-13-22)20(23)15-26-18-6-4-3-5-7-18/h8-9,14,18H,3-7,10-13,15H2,1-2H3. The molecule has 0 aromatic heterocycles. The van der Waals surface area contributed by atoms with Crippen LogP contribution in [0.1, 0.15) is 43.2 Å². The zero-order chi connectivity index (χ0) is 19.4. The summed E-state index contributed by atoms with van der Waals surface area (Å²) < 4.78 is 27.3. The minimum atomic E-state index is -3.49. The van der Waals surface area contributed by atoms with Crippen LogP contribution in [0.25, 0.3) is 0 Å². The second-order valence-electron chi connectivity index (χ2n) is 7.60. The molecule has 27 heavy (non-hydrogen) atoms. The molecule has 1 aromatic carbocycles.